The Balaban J connectivity index is 1.48. The molecule has 4 rings (SSSR count). The van der Waals surface area contributed by atoms with Gasteiger partial charge in [0.15, 0.2) is 0 Å². The summed E-state index contributed by atoms with van der Waals surface area (Å²) in [5, 5.41) is 3.39. The van der Waals surface area contributed by atoms with E-state index in [1.165, 1.54) is 18.4 Å². The van der Waals surface area contributed by atoms with Crippen molar-refractivity contribution in [2.75, 3.05) is 19.7 Å². The normalized spacial score (nSPS) is 24.5. The fraction of sp³-hybridized carbons (Fsp3) is 0.714. The molecule has 1 aromatic carbocycles. The van der Waals surface area contributed by atoms with Gasteiger partial charge in [0.2, 0.25) is 11.8 Å². The maximum atomic E-state index is 13.7. The number of amides is 2. The van der Waals surface area contributed by atoms with Gasteiger partial charge in [-0.1, -0.05) is 51.3 Å². The van der Waals surface area contributed by atoms with E-state index in [0.29, 0.717) is 18.4 Å². The molecule has 0 unspecified atom stereocenters. The Bertz CT molecular complexity index is 807. The van der Waals surface area contributed by atoms with Crippen molar-refractivity contribution in [3.8, 4) is 5.75 Å². The van der Waals surface area contributed by atoms with Crippen LogP contribution in [0, 0.1) is 17.3 Å². The molecule has 33 heavy (non-hydrogen) atoms. The molecule has 1 N–H and O–H groups in total. The van der Waals surface area contributed by atoms with E-state index >= 15 is 0 Å². The van der Waals surface area contributed by atoms with Gasteiger partial charge in [-0.15, -0.1) is 0 Å². The van der Waals surface area contributed by atoms with E-state index < -0.39 is 0 Å². The highest BCUT2D eigenvalue weighted by Crippen LogP contribution is 2.39. The largest absolute Gasteiger partial charge is 0.491 e. The number of benzene rings is 1. The van der Waals surface area contributed by atoms with Crippen LogP contribution >= 0.6 is 0 Å². The standard InChI is InChI=1S/C28H42N2O3/c1-21(2)19-24-20-33-25-13-6-5-9-22(25)10-7-8-14-28(27(32)29-24)15-17-30(18-16-28)26(31)23-11-3-4-12-23/h5-6,9,13,21,23-24H,3-4,7-8,10-12,14-20H2,1-2H3,(H,29,32)/t24-/m0/s1. The summed E-state index contributed by atoms with van der Waals surface area (Å²) in [6, 6.07) is 8.32. The molecule has 0 radical (unpaired) electrons. The van der Waals surface area contributed by atoms with Crippen LogP contribution < -0.4 is 10.1 Å². The smallest absolute Gasteiger partial charge is 0.226 e. The number of carbonyl (C=O) groups excluding carboxylic acids is 2. The zero-order valence-corrected chi connectivity index (χ0v) is 20.6. The number of piperidine rings is 1. The first-order valence-electron chi connectivity index (χ1n) is 13.3. The Hall–Kier alpha value is -2.04. The molecule has 2 heterocycles. The lowest BCUT2D eigenvalue weighted by Gasteiger charge is -2.42. The first kappa shape index (κ1) is 24.1. The molecule has 1 saturated heterocycles. The van der Waals surface area contributed by atoms with Gasteiger partial charge < -0.3 is 15.0 Å². The van der Waals surface area contributed by atoms with Crippen LogP contribution in [0.1, 0.15) is 83.6 Å². The molecule has 0 aromatic heterocycles. The summed E-state index contributed by atoms with van der Waals surface area (Å²) in [5.74, 6) is 2.16. The van der Waals surface area contributed by atoms with Gasteiger partial charge in [-0.05, 0) is 68.9 Å². The molecule has 3 aliphatic rings. The summed E-state index contributed by atoms with van der Waals surface area (Å²) in [5.41, 5.74) is 0.902. The van der Waals surface area contributed by atoms with Gasteiger partial charge in [-0.3, -0.25) is 9.59 Å². The van der Waals surface area contributed by atoms with Crippen LogP contribution in [0.2, 0.25) is 0 Å². The van der Waals surface area contributed by atoms with Crippen LogP contribution in [0.25, 0.3) is 0 Å². The molecule has 0 bridgehead atoms. The van der Waals surface area contributed by atoms with Crippen LogP contribution in [0.5, 0.6) is 5.75 Å². The summed E-state index contributed by atoms with van der Waals surface area (Å²) in [7, 11) is 0. The van der Waals surface area contributed by atoms with Gasteiger partial charge in [0.05, 0.1) is 11.5 Å². The van der Waals surface area contributed by atoms with E-state index in [1.807, 2.05) is 12.1 Å². The van der Waals surface area contributed by atoms with E-state index in [4.69, 9.17) is 4.74 Å². The molecule has 1 aromatic rings. The van der Waals surface area contributed by atoms with Gasteiger partial charge in [-0.25, -0.2) is 0 Å². The minimum absolute atomic E-state index is 0.00000742. The van der Waals surface area contributed by atoms with E-state index in [2.05, 4.69) is 36.2 Å². The first-order valence-corrected chi connectivity index (χ1v) is 13.3. The second-order valence-electron chi connectivity index (χ2n) is 11.0. The molecule has 1 aliphatic carbocycles. The quantitative estimate of drug-likeness (QED) is 0.689. The van der Waals surface area contributed by atoms with Crippen molar-refractivity contribution < 1.29 is 14.3 Å². The molecular weight excluding hydrogens is 412 g/mol. The van der Waals surface area contributed by atoms with Gasteiger partial charge in [0.1, 0.15) is 12.4 Å². The first-order chi connectivity index (χ1) is 16.0. The molecule has 1 spiro atoms. The number of ether oxygens (including phenoxy) is 1. The Kier molecular flexibility index (Phi) is 7.98. The van der Waals surface area contributed by atoms with Crippen LogP contribution in [-0.4, -0.2) is 42.5 Å². The van der Waals surface area contributed by atoms with Crippen molar-refractivity contribution in [2.45, 2.75) is 90.5 Å². The molecule has 5 heteroatoms. The zero-order valence-electron chi connectivity index (χ0n) is 20.6. The maximum absolute atomic E-state index is 13.7. The summed E-state index contributed by atoms with van der Waals surface area (Å²) in [6.07, 6.45) is 10.9. The molecule has 5 nitrogen and oxygen atoms in total. The minimum atomic E-state index is -0.361. The second-order valence-corrected chi connectivity index (χ2v) is 11.0. The Morgan fingerprint density at radius 1 is 1.09 bits per heavy atom. The van der Waals surface area contributed by atoms with Crippen molar-refractivity contribution >= 4 is 11.8 Å². The second kappa shape index (κ2) is 10.9. The minimum Gasteiger partial charge on any atom is -0.491 e. The number of hydrogen-bond acceptors (Lipinski definition) is 3. The van der Waals surface area contributed by atoms with E-state index in [9.17, 15) is 9.59 Å². The number of rotatable bonds is 3. The lowest BCUT2D eigenvalue weighted by atomic mass is 9.73. The lowest BCUT2D eigenvalue weighted by molar-refractivity contribution is -0.144. The molecule has 182 valence electrons. The number of nitrogens with zero attached hydrogens (tertiary/aromatic N) is 1. The lowest BCUT2D eigenvalue weighted by Crippen LogP contribution is -2.53. The third-order valence-corrected chi connectivity index (χ3v) is 8.07. The third kappa shape index (κ3) is 5.91. The number of para-hydroxylation sites is 1. The molecule has 2 aliphatic heterocycles. The number of likely N-dealkylation sites (tertiary alicyclic amines) is 1. The highest BCUT2D eigenvalue weighted by Gasteiger charge is 2.43. The number of hydrogen-bond donors (Lipinski definition) is 1. The maximum Gasteiger partial charge on any atom is 0.226 e. The van der Waals surface area contributed by atoms with Crippen molar-refractivity contribution in [1.82, 2.24) is 10.2 Å². The van der Waals surface area contributed by atoms with Crippen molar-refractivity contribution in [3.63, 3.8) is 0 Å². The number of aryl methyl sites for hydroxylation is 1. The zero-order chi connectivity index (χ0) is 23.3. The molecule has 1 atom stereocenters. The predicted octanol–water partition coefficient (Wildman–Crippen LogP) is 5.12. The number of nitrogens with one attached hydrogen (secondary N) is 1. The summed E-state index contributed by atoms with van der Waals surface area (Å²) >= 11 is 0. The van der Waals surface area contributed by atoms with Gasteiger partial charge in [-0.2, -0.15) is 0 Å². The summed E-state index contributed by atoms with van der Waals surface area (Å²) in [6.45, 7) is 6.33. The van der Waals surface area contributed by atoms with Crippen LogP contribution in [0.4, 0.5) is 0 Å². The SMILES string of the molecule is CC(C)C[C@H]1COc2ccccc2CCCCC2(CCN(C(=O)C3CCCC3)CC2)C(=O)N1. The van der Waals surface area contributed by atoms with E-state index in [-0.39, 0.29) is 23.3 Å². The summed E-state index contributed by atoms with van der Waals surface area (Å²) in [4.78, 5) is 28.7. The average molecular weight is 455 g/mol. The fourth-order valence-corrected chi connectivity index (χ4v) is 6.07. The van der Waals surface area contributed by atoms with Crippen molar-refractivity contribution in [3.05, 3.63) is 29.8 Å². The Labute approximate surface area is 199 Å². The van der Waals surface area contributed by atoms with Crippen molar-refractivity contribution in [1.29, 1.82) is 0 Å². The van der Waals surface area contributed by atoms with E-state index in [0.717, 1.165) is 76.6 Å². The summed E-state index contributed by atoms with van der Waals surface area (Å²) < 4.78 is 6.24. The van der Waals surface area contributed by atoms with Gasteiger partial charge >= 0.3 is 0 Å². The Morgan fingerprint density at radius 2 is 1.82 bits per heavy atom. The molecular formula is C28H42N2O3. The van der Waals surface area contributed by atoms with Crippen LogP contribution in [0.3, 0.4) is 0 Å². The van der Waals surface area contributed by atoms with Crippen LogP contribution in [-0.2, 0) is 16.0 Å². The molecule has 2 fully saturated rings. The highest BCUT2D eigenvalue weighted by molar-refractivity contribution is 5.84. The average Bonchev–Trinajstić information content (AvgIpc) is 3.35. The fourth-order valence-electron chi connectivity index (χ4n) is 6.07. The predicted molar refractivity (Wildman–Crippen MR) is 131 cm³/mol. The van der Waals surface area contributed by atoms with Gasteiger partial charge in [0, 0.05) is 19.0 Å². The van der Waals surface area contributed by atoms with E-state index in [1.54, 1.807) is 0 Å². The van der Waals surface area contributed by atoms with Crippen LogP contribution in [0.15, 0.2) is 24.3 Å². The topological polar surface area (TPSA) is 58.6 Å². The monoisotopic (exact) mass is 454 g/mol. The van der Waals surface area contributed by atoms with Gasteiger partial charge in [0.25, 0.3) is 0 Å². The number of fused-ring (bicyclic) bond motifs is 1. The Morgan fingerprint density at radius 3 is 2.55 bits per heavy atom. The van der Waals surface area contributed by atoms with Crippen molar-refractivity contribution in [2.24, 2.45) is 17.3 Å². The third-order valence-electron chi connectivity index (χ3n) is 8.07. The number of carbonyl (C=O) groups is 2. The molecule has 2 amide bonds. The molecule has 1 saturated carbocycles. The highest BCUT2D eigenvalue weighted by atomic mass is 16.5.